The summed E-state index contributed by atoms with van der Waals surface area (Å²) < 4.78 is 17.4. The Morgan fingerprint density at radius 2 is 0.703 bits per heavy atom. The molecule has 5 nitrogen and oxygen atoms in total. The van der Waals surface area contributed by atoms with Gasteiger partial charge in [0.2, 0.25) is 0 Å². The third kappa shape index (κ3) is 52.2. The van der Waals surface area contributed by atoms with E-state index in [2.05, 4.69) is 81.5 Å². The molecular formula is C59H106O5. The summed E-state index contributed by atoms with van der Waals surface area (Å²) in [6, 6.07) is 0. The summed E-state index contributed by atoms with van der Waals surface area (Å²) in [5.74, 6) is -0.426. The van der Waals surface area contributed by atoms with Crippen molar-refractivity contribution >= 4 is 11.9 Å². The van der Waals surface area contributed by atoms with Crippen LogP contribution in [0.3, 0.4) is 0 Å². The number of carbonyl (C=O) groups is 2. The van der Waals surface area contributed by atoms with Crippen LogP contribution in [0.1, 0.15) is 278 Å². The highest BCUT2D eigenvalue weighted by molar-refractivity contribution is 5.70. The lowest BCUT2D eigenvalue weighted by Gasteiger charge is -2.18. The van der Waals surface area contributed by atoms with Crippen LogP contribution in [0.4, 0.5) is 0 Å². The SMILES string of the molecule is CC/C=C\C/C=C\C/C=C\CCCCCC(=O)OC(COCCCCCCCC/C=C\C/C=C\CCCCC)COC(=O)CCCCCCCCCCCCCCCCCCCCC. The molecule has 1 unspecified atom stereocenters. The van der Waals surface area contributed by atoms with Gasteiger partial charge in [-0.1, -0.05) is 242 Å². The normalized spacial score (nSPS) is 12.6. The molecule has 64 heavy (non-hydrogen) atoms. The van der Waals surface area contributed by atoms with E-state index in [0.29, 0.717) is 19.4 Å². The molecule has 0 saturated heterocycles. The molecule has 0 fully saturated rings. The Bertz CT molecular complexity index is 1100. The van der Waals surface area contributed by atoms with E-state index in [9.17, 15) is 9.59 Å². The van der Waals surface area contributed by atoms with Crippen LogP contribution in [0.15, 0.2) is 60.8 Å². The number of rotatable bonds is 51. The highest BCUT2D eigenvalue weighted by atomic mass is 16.6. The summed E-state index contributed by atoms with van der Waals surface area (Å²) in [5, 5.41) is 0. The molecule has 1 atom stereocenters. The molecule has 0 bridgehead atoms. The van der Waals surface area contributed by atoms with E-state index in [-0.39, 0.29) is 25.2 Å². The van der Waals surface area contributed by atoms with E-state index >= 15 is 0 Å². The second kappa shape index (κ2) is 54.9. The van der Waals surface area contributed by atoms with Gasteiger partial charge in [-0.3, -0.25) is 9.59 Å². The lowest BCUT2D eigenvalue weighted by Crippen LogP contribution is -2.30. The maximum absolute atomic E-state index is 12.8. The maximum atomic E-state index is 12.8. The minimum atomic E-state index is -0.556. The standard InChI is InChI=1S/C59H106O5/c1-4-7-10-13-16-19-22-25-27-29-30-31-32-35-37-40-43-46-49-52-58(60)63-56-57(64-59(61)53-50-47-44-41-38-34-24-21-18-15-12-9-6-3)55-62-54-51-48-45-42-39-36-33-28-26-23-20-17-14-11-8-5-2/h9,12,17-18,20-21,26,28,34,38,57H,4-8,10-11,13-16,19,22-25,27,29-33,35-37,39-56H2,1-3H3/b12-9-,20-17-,21-18-,28-26-,38-34-. The van der Waals surface area contributed by atoms with Gasteiger partial charge in [-0.2, -0.15) is 0 Å². The number of hydrogen-bond donors (Lipinski definition) is 0. The summed E-state index contributed by atoms with van der Waals surface area (Å²) in [6.07, 6.45) is 69.6. The smallest absolute Gasteiger partial charge is 0.306 e. The lowest BCUT2D eigenvalue weighted by atomic mass is 10.0. The number of esters is 2. The van der Waals surface area contributed by atoms with Crippen LogP contribution in [0, 0.1) is 0 Å². The molecule has 0 saturated carbocycles. The van der Waals surface area contributed by atoms with Crippen LogP contribution in [-0.2, 0) is 23.8 Å². The van der Waals surface area contributed by atoms with Crippen molar-refractivity contribution in [2.24, 2.45) is 0 Å². The average Bonchev–Trinajstić information content (AvgIpc) is 3.30. The van der Waals surface area contributed by atoms with Gasteiger partial charge < -0.3 is 14.2 Å². The number of ether oxygens (including phenoxy) is 3. The summed E-state index contributed by atoms with van der Waals surface area (Å²) >= 11 is 0. The fourth-order valence-electron chi connectivity index (χ4n) is 7.91. The first-order valence-electron chi connectivity index (χ1n) is 27.8. The Hall–Kier alpha value is -2.40. The zero-order chi connectivity index (χ0) is 46.3. The quantitative estimate of drug-likeness (QED) is 0.0346. The fourth-order valence-corrected chi connectivity index (χ4v) is 7.91. The Kier molecular flexibility index (Phi) is 52.9. The molecule has 0 N–H and O–H groups in total. The van der Waals surface area contributed by atoms with Crippen LogP contribution in [0.5, 0.6) is 0 Å². The minimum absolute atomic E-state index is 0.0710. The van der Waals surface area contributed by atoms with Crippen molar-refractivity contribution in [1.29, 1.82) is 0 Å². The molecule has 0 aliphatic carbocycles. The highest BCUT2D eigenvalue weighted by Gasteiger charge is 2.17. The monoisotopic (exact) mass is 895 g/mol. The molecule has 0 aliphatic heterocycles. The van der Waals surface area contributed by atoms with Gasteiger partial charge in [-0.15, -0.1) is 0 Å². The summed E-state index contributed by atoms with van der Waals surface area (Å²) in [7, 11) is 0. The molecule has 0 spiro atoms. The largest absolute Gasteiger partial charge is 0.462 e. The molecular weight excluding hydrogens is 789 g/mol. The topological polar surface area (TPSA) is 61.8 Å². The van der Waals surface area contributed by atoms with Gasteiger partial charge in [0.15, 0.2) is 6.10 Å². The minimum Gasteiger partial charge on any atom is -0.462 e. The van der Waals surface area contributed by atoms with Crippen LogP contribution in [-0.4, -0.2) is 37.9 Å². The molecule has 372 valence electrons. The van der Waals surface area contributed by atoms with Crippen molar-refractivity contribution in [1.82, 2.24) is 0 Å². The summed E-state index contributed by atoms with van der Waals surface area (Å²) in [4.78, 5) is 25.4. The van der Waals surface area contributed by atoms with Crippen molar-refractivity contribution in [3.63, 3.8) is 0 Å². The zero-order valence-corrected chi connectivity index (χ0v) is 42.8. The fraction of sp³-hybridized carbons (Fsp3) is 0.797. The third-order valence-corrected chi connectivity index (χ3v) is 12.0. The molecule has 0 heterocycles. The van der Waals surface area contributed by atoms with Crippen LogP contribution in [0.25, 0.3) is 0 Å². The molecule has 0 aromatic rings. The molecule has 0 aliphatic rings. The maximum Gasteiger partial charge on any atom is 0.306 e. The molecule has 0 amide bonds. The van der Waals surface area contributed by atoms with E-state index in [1.807, 2.05) is 0 Å². The third-order valence-electron chi connectivity index (χ3n) is 12.0. The van der Waals surface area contributed by atoms with Gasteiger partial charge in [0, 0.05) is 19.4 Å². The van der Waals surface area contributed by atoms with Crippen LogP contribution in [0.2, 0.25) is 0 Å². The number of unbranched alkanes of at least 4 members (excludes halogenated alkanes) is 30. The van der Waals surface area contributed by atoms with Gasteiger partial charge >= 0.3 is 11.9 Å². The number of allylic oxidation sites excluding steroid dienone is 10. The van der Waals surface area contributed by atoms with Crippen molar-refractivity contribution in [2.75, 3.05) is 19.8 Å². The van der Waals surface area contributed by atoms with E-state index in [1.54, 1.807) is 0 Å². The molecule has 0 radical (unpaired) electrons. The van der Waals surface area contributed by atoms with E-state index in [1.165, 1.54) is 167 Å². The highest BCUT2D eigenvalue weighted by Crippen LogP contribution is 2.16. The van der Waals surface area contributed by atoms with Crippen LogP contribution >= 0.6 is 0 Å². The predicted molar refractivity (Wildman–Crippen MR) is 279 cm³/mol. The summed E-state index contributed by atoms with van der Waals surface area (Å²) in [6.45, 7) is 7.67. The molecule has 0 aromatic carbocycles. The lowest BCUT2D eigenvalue weighted by molar-refractivity contribution is -0.163. The van der Waals surface area contributed by atoms with Crippen molar-refractivity contribution < 1.29 is 23.8 Å². The summed E-state index contributed by atoms with van der Waals surface area (Å²) in [5.41, 5.74) is 0. The van der Waals surface area contributed by atoms with Gasteiger partial charge in [0.05, 0.1) is 6.61 Å². The first-order chi connectivity index (χ1) is 31.6. The molecule has 5 heteroatoms. The first kappa shape index (κ1) is 61.6. The Balaban J connectivity index is 4.25. The second-order valence-corrected chi connectivity index (χ2v) is 18.5. The van der Waals surface area contributed by atoms with Crippen molar-refractivity contribution in [3.05, 3.63) is 60.8 Å². The van der Waals surface area contributed by atoms with Crippen molar-refractivity contribution in [3.8, 4) is 0 Å². The first-order valence-corrected chi connectivity index (χ1v) is 27.8. The second-order valence-electron chi connectivity index (χ2n) is 18.5. The number of carbonyl (C=O) groups excluding carboxylic acids is 2. The van der Waals surface area contributed by atoms with Gasteiger partial charge in [0.25, 0.3) is 0 Å². The Morgan fingerprint density at radius 1 is 0.359 bits per heavy atom. The average molecular weight is 895 g/mol. The van der Waals surface area contributed by atoms with E-state index < -0.39 is 6.10 Å². The van der Waals surface area contributed by atoms with E-state index in [4.69, 9.17) is 14.2 Å². The van der Waals surface area contributed by atoms with E-state index in [0.717, 1.165) is 77.0 Å². The van der Waals surface area contributed by atoms with Gasteiger partial charge in [0.1, 0.15) is 6.61 Å². The molecule has 0 rings (SSSR count). The van der Waals surface area contributed by atoms with Gasteiger partial charge in [-0.25, -0.2) is 0 Å². The van der Waals surface area contributed by atoms with Crippen LogP contribution < -0.4 is 0 Å². The molecule has 0 aromatic heterocycles. The number of hydrogen-bond acceptors (Lipinski definition) is 5. The Morgan fingerprint density at radius 3 is 1.17 bits per heavy atom. The Labute approximate surface area is 398 Å². The van der Waals surface area contributed by atoms with Gasteiger partial charge in [-0.05, 0) is 83.5 Å². The van der Waals surface area contributed by atoms with Crippen molar-refractivity contribution in [2.45, 2.75) is 284 Å². The predicted octanol–water partition coefficient (Wildman–Crippen LogP) is 18.9. The zero-order valence-electron chi connectivity index (χ0n) is 42.8.